The number of rotatable bonds is 9. The van der Waals surface area contributed by atoms with Gasteiger partial charge in [0.25, 0.3) is 0 Å². The van der Waals surface area contributed by atoms with E-state index in [1.54, 1.807) is 0 Å². The van der Waals surface area contributed by atoms with Crippen LogP contribution < -0.4 is 5.73 Å². The molecule has 0 bridgehead atoms. The zero-order valence-electron chi connectivity index (χ0n) is 13.0. The first-order valence-corrected chi connectivity index (χ1v) is 8.04. The van der Waals surface area contributed by atoms with Gasteiger partial charge in [-0.1, -0.05) is 39.5 Å². The highest BCUT2D eigenvalue weighted by atomic mass is 15.2. The van der Waals surface area contributed by atoms with Crippen LogP contribution in [0.1, 0.15) is 72.6 Å². The van der Waals surface area contributed by atoms with Gasteiger partial charge < -0.3 is 5.73 Å². The minimum atomic E-state index is 0.218. The fourth-order valence-corrected chi connectivity index (χ4v) is 3.21. The van der Waals surface area contributed by atoms with Crippen LogP contribution in [0, 0.1) is 5.92 Å². The van der Waals surface area contributed by atoms with Gasteiger partial charge in [-0.2, -0.15) is 0 Å². The average Bonchev–Trinajstić information content (AvgIpc) is 2.34. The van der Waals surface area contributed by atoms with Gasteiger partial charge in [0.1, 0.15) is 0 Å². The predicted octanol–water partition coefficient (Wildman–Crippen LogP) is 3.79. The average molecular weight is 254 g/mol. The van der Waals surface area contributed by atoms with Crippen molar-refractivity contribution in [3.8, 4) is 0 Å². The van der Waals surface area contributed by atoms with Crippen LogP contribution in [0.5, 0.6) is 0 Å². The van der Waals surface area contributed by atoms with Gasteiger partial charge in [0.05, 0.1) is 0 Å². The van der Waals surface area contributed by atoms with E-state index in [1.165, 1.54) is 51.5 Å². The first kappa shape index (κ1) is 16.0. The molecule has 2 N–H and O–H groups in total. The first-order valence-electron chi connectivity index (χ1n) is 8.04. The van der Waals surface area contributed by atoms with E-state index in [4.69, 9.17) is 5.73 Å². The highest BCUT2D eigenvalue weighted by molar-refractivity contribution is 4.93. The van der Waals surface area contributed by atoms with E-state index < -0.39 is 0 Å². The Morgan fingerprint density at radius 2 is 2.00 bits per heavy atom. The topological polar surface area (TPSA) is 29.3 Å². The summed E-state index contributed by atoms with van der Waals surface area (Å²) in [6, 6.07) is 0.658. The monoisotopic (exact) mass is 254 g/mol. The van der Waals surface area contributed by atoms with E-state index >= 15 is 0 Å². The summed E-state index contributed by atoms with van der Waals surface area (Å²) in [6.45, 7) is 11.4. The molecule has 0 aromatic carbocycles. The smallest absolute Gasteiger partial charge is 0.0309 e. The van der Waals surface area contributed by atoms with Gasteiger partial charge in [-0.25, -0.2) is 0 Å². The third-order valence-corrected chi connectivity index (χ3v) is 4.96. The van der Waals surface area contributed by atoms with E-state index in [9.17, 15) is 0 Å². The molecule has 0 saturated heterocycles. The van der Waals surface area contributed by atoms with Crippen molar-refractivity contribution in [1.29, 1.82) is 0 Å². The molecule has 0 aromatic rings. The van der Waals surface area contributed by atoms with Gasteiger partial charge in [-0.05, 0) is 45.6 Å². The summed E-state index contributed by atoms with van der Waals surface area (Å²) in [5.74, 6) is 0.937. The second-order valence-electron chi connectivity index (χ2n) is 6.51. The van der Waals surface area contributed by atoms with Gasteiger partial charge >= 0.3 is 0 Å². The molecule has 1 fully saturated rings. The quantitative estimate of drug-likeness (QED) is 0.678. The molecular weight excluding hydrogens is 220 g/mol. The van der Waals surface area contributed by atoms with Gasteiger partial charge in [0.15, 0.2) is 0 Å². The van der Waals surface area contributed by atoms with Crippen LogP contribution in [0.15, 0.2) is 0 Å². The van der Waals surface area contributed by atoms with E-state index in [0.717, 1.165) is 12.5 Å². The molecule has 2 heteroatoms. The molecule has 0 aliphatic heterocycles. The maximum Gasteiger partial charge on any atom is 0.0309 e. The van der Waals surface area contributed by atoms with Crippen molar-refractivity contribution in [3.05, 3.63) is 0 Å². The number of unbranched alkanes of at least 4 members (excludes halogenated alkanes) is 1. The zero-order chi connectivity index (χ0) is 13.6. The van der Waals surface area contributed by atoms with Crippen molar-refractivity contribution >= 4 is 0 Å². The standard InChI is InChI=1S/C16H34N2/c1-5-7-11-18(14(3)6-2)16(4,13-17)12-15-9-8-10-15/h14-15H,5-13,17H2,1-4H3. The van der Waals surface area contributed by atoms with Crippen molar-refractivity contribution < 1.29 is 0 Å². The van der Waals surface area contributed by atoms with Crippen LogP contribution >= 0.6 is 0 Å². The molecule has 1 aliphatic carbocycles. The molecule has 2 unspecified atom stereocenters. The maximum atomic E-state index is 6.16. The van der Waals surface area contributed by atoms with Crippen LogP contribution in [0.4, 0.5) is 0 Å². The molecule has 1 aliphatic rings. The van der Waals surface area contributed by atoms with Crippen molar-refractivity contribution in [2.45, 2.75) is 84.2 Å². The highest BCUT2D eigenvalue weighted by Gasteiger charge is 2.36. The highest BCUT2D eigenvalue weighted by Crippen LogP contribution is 2.36. The normalized spacial score (nSPS) is 21.7. The third-order valence-electron chi connectivity index (χ3n) is 4.96. The summed E-state index contributed by atoms with van der Waals surface area (Å²) in [7, 11) is 0. The Bertz CT molecular complexity index is 225. The molecule has 18 heavy (non-hydrogen) atoms. The Labute approximate surface area is 114 Å². The molecule has 2 nitrogen and oxygen atoms in total. The summed E-state index contributed by atoms with van der Waals surface area (Å²) in [5.41, 5.74) is 6.38. The van der Waals surface area contributed by atoms with Gasteiger partial charge in [0, 0.05) is 18.1 Å². The lowest BCUT2D eigenvalue weighted by molar-refractivity contribution is 0.0332. The Kier molecular flexibility index (Phi) is 6.65. The second-order valence-corrected chi connectivity index (χ2v) is 6.51. The van der Waals surface area contributed by atoms with Crippen molar-refractivity contribution in [1.82, 2.24) is 4.90 Å². The van der Waals surface area contributed by atoms with E-state index in [2.05, 4.69) is 32.6 Å². The van der Waals surface area contributed by atoms with E-state index in [1.807, 2.05) is 0 Å². The Morgan fingerprint density at radius 3 is 2.39 bits per heavy atom. The maximum absolute atomic E-state index is 6.16. The SMILES string of the molecule is CCCCN(C(C)CC)C(C)(CN)CC1CCC1. The van der Waals surface area contributed by atoms with Gasteiger partial charge in [0.2, 0.25) is 0 Å². The molecule has 0 spiro atoms. The summed E-state index contributed by atoms with van der Waals surface area (Å²) >= 11 is 0. The lowest BCUT2D eigenvalue weighted by Crippen LogP contribution is -2.56. The van der Waals surface area contributed by atoms with Gasteiger partial charge in [-0.3, -0.25) is 4.90 Å². The molecule has 2 atom stereocenters. The lowest BCUT2D eigenvalue weighted by Gasteiger charge is -2.47. The fourth-order valence-electron chi connectivity index (χ4n) is 3.21. The molecule has 0 radical (unpaired) electrons. The van der Waals surface area contributed by atoms with Crippen LogP contribution in [-0.2, 0) is 0 Å². The summed E-state index contributed by atoms with van der Waals surface area (Å²) in [4.78, 5) is 2.70. The molecular formula is C16H34N2. The molecule has 0 heterocycles. The minimum absolute atomic E-state index is 0.218. The molecule has 1 saturated carbocycles. The van der Waals surface area contributed by atoms with Crippen LogP contribution in [-0.4, -0.2) is 29.6 Å². The molecule has 0 amide bonds. The first-order chi connectivity index (χ1) is 8.57. The number of hydrogen-bond donors (Lipinski definition) is 1. The van der Waals surface area contributed by atoms with Gasteiger partial charge in [-0.15, -0.1) is 0 Å². The second kappa shape index (κ2) is 7.49. The minimum Gasteiger partial charge on any atom is -0.329 e. The summed E-state index contributed by atoms with van der Waals surface area (Å²) in [5, 5.41) is 0. The van der Waals surface area contributed by atoms with Crippen molar-refractivity contribution in [2.24, 2.45) is 11.7 Å². The van der Waals surface area contributed by atoms with E-state index in [-0.39, 0.29) is 5.54 Å². The number of nitrogens with zero attached hydrogens (tertiary/aromatic N) is 1. The van der Waals surface area contributed by atoms with Crippen LogP contribution in [0.2, 0.25) is 0 Å². The third kappa shape index (κ3) is 3.96. The molecule has 1 rings (SSSR count). The fraction of sp³-hybridized carbons (Fsp3) is 1.00. The van der Waals surface area contributed by atoms with Crippen LogP contribution in [0.25, 0.3) is 0 Å². The van der Waals surface area contributed by atoms with Crippen LogP contribution in [0.3, 0.4) is 0 Å². The largest absolute Gasteiger partial charge is 0.329 e. The molecule has 0 aromatic heterocycles. The predicted molar refractivity (Wildman–Crippen MR) is 80.8 cm³/mol. The van der Waals surface area contributed by atoms with Crippen molar-refractivity contribution in [2.75, 3.05) is 13.1 Å². The Morgan fingerprint density at radius 1 is 1.33 bits per heavy atom. The summed E-state index contributed by atoms with van der Waals surface area (Å²) in [6.07, 6.45) is 9.39. The molecule has 108 valence electrons. The summed E-state index contributed by atoms with van der Waals surface area (Å²) < 4.78 is 0. The van der Waals surface area contributed by atoms with Crippen molar-refractivity contribution in [3.63, 3.8) is 0 Å². The number of nitrogens with two attached hydrogens (primary N) is 1. The zero-order valence-corrected chi connectivity index (χ0v) is 13.0. The Hall–Kier alpha value is -0.0800. The number of hydrogen-bond acceptors (Lipinski definition) is 2. The lowest BCUT2D eigenvalue weighted by atomic mass is 9.75. The van der Waals surface area contributed by atoms with E-state index in [0.29, 0.717) is 6.04 Å². The Balaban J connectivity index is 2.68.